The normalized spacial score (nSPS) is 10.4. The molecule has 0 radical (unpaired) electrons. The van der Waals surface area contributed by atoms with Gasteiger partial charge in [0, 0.05) is 24.2 Å². The molecule has 0 aliphatic rings. The van der Waals surface area contributed by atoms with Gasteiger partial charge >= 0.3 is 0 Å². The maximum Gasteiger partial charge on any atom is 0.251 e. The Morgan fingerprint density at radius 2 is 1.39 bits per heavy atom. The van der Waals surface area contributed by atoms with Gasteiger partial charge in [0.25, 0.3) is 11.8 Å². The maximum atomic E-state index is 12.3. The molecule has 0 aliphatic carbocycles. The van der Waals surface area contributed by atoms with Gasteiger partial charge in [0.15, 0.2) is 0 Å². The minimum Gasteiger partial charge on any atom is -0.497 e. The number of nitrogens with one attached hydrogen (secondary N) is 2. The lowest BCUT2D eigenvalue weighted by Gasteiger charge is -2.09. The summed E-state index contributed by atoms with van der Waals surface area (Å²) in [5.41, 5.74) is 2.75. The number of rotatable bonds is 9. The standard InChI is InChI=1S/C23H25N3O5/c1-15-21(16(2)31-26-15)14-30-20-10-6-18(7-11-20)23(28)25-13-12-24-22(27)17-4-8-19(29-3)9-5-17/h4-11H,12-14H2,1-3H3,(H,24,27)(H,25,28). The van der Waals surface area contributed by atoms with Crippen LogP contribution in [0.3, 0.4) is 0 Å². The lowest BCUT2D eigenvalue weighted by Crippen LogP contribution is -2.34. The first-order valence-electron chi connectivity index (χ1n) is 9.83. The van der Waals surface area contributed by atoms with Crippen LogP contribution in [-0.4, -0.2) is 37.2 Å². The van der Waals surface area contributed by atoms with Crippen molar-refractivity contribution < 1.29 is 23.6 Å². The quantitative estimate of drug-likeness (QED) is 0.513. The average Bonchev–Trinajstić information content (AvgIpc) is 3.12. The molecule has 0 unspecified atom stereocenters. The van der Waals surface area contributed by atoms with E-state index >= 15 is 0 Å². The highest BCUT2D eigenvalue weighted by Gasteiger charge is 2.10. The van der Waals surface area contributed by atoms with Gasteiger partial charge < -0.3 is 24.6 Å². The van der Waals surface area contributed by atoms with E-state index in [0.717, 1.165) is 17.0 Å². The minimum atomic E-state index is -0.226. The first-order chi connectivity index (χ1) is 15.0. The molecule has 8 heteroatoms. The van der Waals surface area contributed by atoms with Crippen LogP contribution in [0.2, 0.25) is 0 Å². The van der Waals surface area contributed by atoms with Crippen LogP contribution in [0.5, 0.6) is 11.5 Å². The molecule has 3 rings (SSSR count). The van der Waals surface area contributed by atoms with Crippen LogP contribution in [0.25, 0.3) is 0 Å². The Hall–Kier alpha value is -3.81. The van der Waals surface area contributed by atoms with Crippen LogP contribution in [0.15, 0.2) is 53.1 Å². The van der Waals surface area contributed by atoms with E-state index in [9.17, 15) is 9.59 Å². The van der Waals surface area contributed by atoms with Crippen LogP contribution < -0.4 is 20.1 Å². The second-order valence-electron chi connectivity index (χ2n) is 6.86. The summed E-state index contributed by atoms with van der Waals surface area (Å²) in [4.78, 5) is 24.4. The Balaban J connectivity index is 1.41. The number of hydrogen-bond donors (Lipinski definition) is 2. The van der Waals surface area contributed by atoms with Gasteiger partial charge in [-0.25, -0.2) is 0 Å². The topological polar surface area (TPSA) is 103 Å². The molecule has 0 aliphatic heterocycles. The molecule has 1 heterocycles. The summed E-state index contributed by atoms with van der Waals surface area (Å²) in [6, 6.07) is 13.7. The predicted molar refractivity (Wildman–Crippen MR) is 114 cm³/mol. The van der Waals surface area contributed by atoms with E-state index in [1.54, 1.807) is 55.6 Å². The highest BCUT2D eigenvalue weighted by atomic mass is 16.5. The highest BCUT2D eigenvalue weighted by Crippen LogP contribution is 2.18. The second kappa shape index (κ2) is 10.3. The first-order valence-corrected chi connectivity index (χ1v) is 9.83. The third-order valence-corrected chi connectivity index (χ3v) is 4.73. The lowest BCUT2D eigenvalue weighted by atomic mass is 10.2. The number of carbonyl (C=O) groups is 2. The Bertz CT molecular complexity index is 1010. The molecule has 31 heavy (non-hydrogen) atoms. The molecule has 3 aromatic rings. The fourth-order valence-electron chi connectivity index (χ4n) is 2.86. The van der Waals surface area contributed by atoms with Gasteiger partial charge in [0.2, 0.25) is 0 Å². The van der Waals surface area contributed by atoms with Crippen molar-refractivity contribution in [2.45, 2.75) is 20.5 Å². The van der Waals surface area contributed by atoms with Gasteiger partial charge in [0.1, 0.15) is 23.9 Å². The van der Waals surface area contributed by atoms with Gasteiger partial charge in [-0.1, -0.05) is 5.16 Å². The van der Waals surface area contributed by atoms with Gasteiger partial charge in [-0.2, -0.15) is 0 Å². The number of amides is 2. The van der Waals surface area contributed by atoms with E-state index in [0.29, 0.717) is 42.3 Å². The van der Waals surface area contributed by atoms with Crippen LogP contribution in [-0.2, 0) is 6.61 Å². The van der Waals surface area contributed by atoms with Crippen LogP contribution in [0.4, 0.5) is 0 Å². The smallest absolute Gasteiger partial charge is 0.251 e. The summed E-state index contributed by atoms with van der Waals surface area (Å²) in [5.74, 6) is 1.62. The third kappa shape index (κ3) is 5.85. The average molecular weight is 423 g/mol. The second-order valence-corrected chi connectivity index (χ2v) is 6.86. The Kier molecular flexibility index (Phi) is 7.26. The molecule has 0 bridgehead atoms. The summed E-state index contributed by atoms with van der Waals surface area (Å²) in [6.07, 6.45) is 0. The van der Waals surface area contributed by atoms with E-state index in [4.69, 9.17) is 14.0 Å². The minimum absolute atomic E-state index is 0.211. The molecule has 0 saturated carbocycles. The molecule has 2 amide bonds. The highest BCUT2D eigenvalue weighted by molar-refractivity contribution is 5.95. The van der Waals surface area contributed by atoms with Gasteiger partial charge in [-0.05, 0) is 62.4 Å². The van der Waals surface area contributed by atoms with Crippen molar-refractivity contribution in [2.24, 2.45) is 0 Å². The molecule has 162 valence electrons. The van der Waals surface area contributed by atoms with E-state index in [1.807, 2.05) is 13.8 Å². The molecule has 8 nitrogen and oxygen atoms in total. The molecule has 1 aromatic heterocycles. The number of aryl methyl sites for hydroxylation is 2. The number of benzene rings is 2. The number of methoxy groups -OCH3 is 1. The molecule has 2 aromatic carbocycles. The van der Waals surface area contributed by atoms with Crippen molar-refractivity contribution in [1.82, 2.24) is 15.8 Å². The summed E-state index contributed by atoms with van der Waals surface area (Å²) in [7, 11) is 1.57. The number of ether oxygens (including phenoxy) is 2. The molecular weight excluding hydrogens is 398 g/mol. The zero-order valence-corrected chi connectivity index (χ0v) is 17.7. The molecule has 0 saturated heterocycles. The molecular formula is C23H25N3O5. The molecule has 2 N–H and O–H groups in total. The maximum absolute atomic E-state index is 12.3. The number of hydrogen-bond acceptors (Lipinski definition) is 6. The van der Waals surface area contributed by atoms with Crippen LogP contribution in [0.1, 0.15) is 37.7 Å². The summed E-state index contributed by atoms with van der Waals surface area (Å²) >= 11 is 0. The predicted octanol–water partition coefficient (Wildman–Crippen LogP) is 3.04. The van der Waals surface area contributed by atoms with E-state index in [1.165, 1.54) is 0 Å². The molecule has 0 spiro atoms. The van der Waals surface area contributed by atoms with E-state index in [2.05, 4.69) is 15.8 Å². The first kappa shape index (κ1) is 21.9. The SMILES string of the molecule is COc1ccc(C(=O)NCCNC(=O)c2ccc(OCc3c(C)noc3C)cc2)cc1. The third-order valence-electron chi connectivity index (χ3n) is 4.73. The van der Waals surface area contributed by atoms with Crippen molar-refractivity contribution in [2.75, 3.05) is 20.2 Å². The summed E-state index contributed by atoms with van der Waals surface area (Å²) in [5, 5.41) is 9.44. The van der Waals surface area contributed by atoms with Crippen molar-refractivity contribution in [3.8, 4) is 11.5 Å². The fraction of sp³-hybridized carbons (Fsp3) is 0.261. The van der Waals surface area contributed by atoms with Crippen molar-refractivity contribution in [3.63, 3.8) is 0 Å². The van der Waals surface area contributed by atoms with Gasteiger partial charge in [0.05, 0.1) is 18.4 Å². The number of nitrogens with zero attached hydrogens (tertiary/aromatic N) is 1. The van der Waals surface area contributed by atoms with Gasteiger partial charge in [-0.15, -0.1) is 0 Å². The van der Waals surface area contributed by atoms with Gasteiger partial charge in [-0.3, -0.25) is 9.59 Å². The number of aromatic nitrogens is 1. The number of carbonyl (C=O) groups excluding carboxylic acids is 2. The zero-order valence-electron chi connectivity index (χ0n) is 17.7. The fourth-order valence-corrected chi connectivity index (χ4v) is 2.86. The molecule has 0 fully saturated rings. The lowest BCUT2D eigenvalue weighted by molar-refractivity contribution is 0.0927. The zero-order chi connectivity index (χ0) is 22.2. The summed E-state index contributed by atoms with van der Waals surface area (Å²) in [6.45, 7) is 4.68. The van der Waals surface area contributed by atoms with Crippen molar-refractivity contribution >= 4 is 11.8 Å². The van der Waals surface area contributed by atoms with Crippen LogP contribution >= 0.6 is 0 Å². The van der Waals surface area contributed by atoms with Crippen molar-refractivity contribution in [3.05, 3.63) is 76.7 Å². The molecule has 0 atom stereocenters. The van der Waals surface area contributed by atoms with E-state index < -0.39 is 0 Å². The largest absolute Gasteiger partial charge is 0.497 e. The van der Waals surface area contributed by atoms with E-state index in [-0.39, 0.29) is 11.8 Å². The monoisotopic (exact) mass is 423 g/mol. The van der Waals surface area contributed by atoms with Crippen LogP contribution in [0, 0.1) is 13.8 Å². The Labute approximate surface area is 180 Å². The van der Waals surface area contributed by atoms with Crippen molar-refractivity contribution in [1.29, 1.82) is 0 Å². The Morgan fingerprint density at radius 3 is 1.84 bits per heavy atom. The Morgan fingerprint density at radius 1 is 0.871 bits per heavy atom. The summed E-state index contributed by atoms with van der Waals surface area (Å²) < 4.78 is 15.9.